The Hall–Kier alpha value is -1.19. The molecule has 0 N–H and O–H groups in total. The molecule has 0 bridgehead atoms. The van der Waals surface area contributed by atoms with Crippen LogP contribution in [0.15, 0.2) is 30.8 Å². The maximum atomic E-state index is 12.8. The van der Waals surface area contributed by atoms with Crippen LogP contribution in [0.25, 0.3) is 5.57 Å². The molecule has 0 aliphatic rings. The molecule has 0 spiro atoms. The third-order valence-electron chi connectivity index (χ3n) is 2.14. The molecule has 0 aliphatic carbocycles. The van der Waals surface area contributed by atoms with E-state index in [1.165, 1.54) is 12.1 Å². The molecule has 1 aromatic carbocycles. The van der Waals surface area contributed by atoms with E-state index in [-0.39, 0.29) is 5.82 Å². The Morgan fingerprint density at radius 3 is 2.12 bits per heavy atom. The van der Waals surface area contributed by atoms with Crippen molar-refractivity contribution in [1.29, 1.82) is 0 Å². The zero-order valence-corrected chi connectivity index (χ0v) is 9.70. The molecule has 0 fully saturated rings. The Bertz CT molecular complexity index is 326. The van der Waals surface area contributed by atoms with Gasteiger partial charge in [-0.2, -0.15) is 0 Å². The molecule has 2 nitrogen and oxygen atoms in total. The third-order valence-corrected chi connectivity index (χ3v) is 2.14. The molecule has 0 aromatic heterocycles. The van der Waals surface area contributed by atoms with Gasteiger partial charge in [0.2, 0.25) is 0 Å². The largest absolute Gasteiger partial charge is 0.349 e. The lowest BCUT2D eigenvalue weighted by Crippen LogP contribution is -2.18. The number of ether oxygens (including phenoxy) is 2. The molecule has 0 unspecified atom stereocenters. The van der Waals surface area contributed by atoms with E-state index in [2.05, 4.69) is 6.58 Å². The molecule has 1 rings (SSSR count). The first-order chi connectivity index (χ1) is 7.69. The van der Waals surface area contributed by atoms with Crippen LogP contribution in [0.1, 0.15) is 19.4 Å². The van der Waals surface area contributed by atoms with Gasteiger partial charge in [0.1, 0.15) is 5.82 Å². The molecule has 0 heterocycles. The highest BCUT2D eigenvalue weighted by Crippen LogP contribution is 2.20. The zero-order chi connectivity index (χ0) is 12.0. The first-order valence-corrected chi connectivity index (χ1v) is 5.37. The molecule has 16 heavy (non-hydrogen) atoms. The van der Waals surface area contributed by atoms with Crippen molar-refractivity contribution in [2.75, 3.05) is 13.2 Å². The standard InChI is InChI=1S/C13H17FO2/c1-4-15-13(16-5-2)10(3)11-6-8-12(14)9-7-11/h6-9,13H,3-5H2,1-2H3. The second kappa shape index (κ2) is 6.40. The minimum Gasteiger partial charge on any atom is -0.349 e. The number of rotatable bonds is 6. The van der Waals surface area contributed by atoms with Crippen molar-refractivity contribution in [3.05, 3.63) is 42.2 Å². The fourth-order valence-corrected chi connectivity index (χ4v) is 1.35. The maximum absolute atomic E-state index is 12.8. The Morgan fingerprint density at radius 1 is 1.19 bits per heavy atom. The van der Waals surface area contributed by atoms with Gasteiger partial charge < -0.3 is 9.47 Å². The summed E-state index contributed by atoms with van der Waals surface area (Å²) in [6.45, 7) is 8.80. The minimum absolute atomic E-state index is 0.263. The van der Waals surface area contributed by atoms with Gasteiger partial charge in [-0.15, -0.1) is 0 Å². The molecule has 0 radical (unpaired) electrons. The number of benzene rings is 1. The molecular weight excluding hydrogens is 207 g/mol. The summed E-state index contributed by atoms with van der Waals surface area (Å²) in [5, 5.41) is 0. The highest BCUT2D eigenvalue weighted by molar-refractivity contribution is 5.65. The van der Waals surface area contributed by atoms with Crippen molar-refractivity contribution in [2.24, 2.45) is 0 Å². The smallest absolute Gasteiger partial charge is 0.183 e. The Kier molecular flexibility index (Phi) is 5.15. The van der Waals surface area contributed by atoms with E-state index < -0.39 is 6.29 Å². The maximum Gasteiger partial charge on any atom is 0.183 e. The number of hydrogen-bond donors (Lipinski definition) is 0. The van der Waals surface area contributed by atoms with Crippen molar-refractivity contribution >= 4 is 5.57 Å². The van der Waals surface area contributed by atoms with Crippen molar-refractivity contribution in [3.63, 3.8) is 0 Å². The number of hydrogen-bond acceptors (Lipinski definition) is 2. The highest BCUT2D eigenvalue weighted by Gasteiger charge is 2.14. The average molecular weight is 224 g/mol. The van der Waals surface area contributed by atoms with E-state index in [9.17, 15) is 4.39 Å². The molecular formula is C13H17FO2. The molecule has 0 saturated heterocycles. The first kappa shape index (κ1) is 12.9. The van der Waals surface area contributed by atoms with Gasteiger partial charge in [-0.1, -0.05) is 18.7 Å². The summed E-state index contributed by atoms with van der Waals surface area (Å²) in [6, 6.07) is 6.14. The van der Waals surface area contributed by atoms with Gasteiger partial charge in [-0.25, -0.2) is 4.39 Å². The van der Waals surface area contributed by atoms with Crippen LogP contribution in [0.4, 0.5) is 4.39 Å². The van der Waals surface area contributed by atoms with E-state index in [1.54, 1.807) is 12.1 Å². The van der Waals surface area contributed by atoms with Crippen LogP contribution in [0, 0.1) is 5.82 Å². The van der Waals surface area contributed by atoms with Crippen LogP contribution in [-0.4, -0.2) is 19.5 Å². The zero-order valence-electron chi connectivity index (χ0n) is 9.70. The van der Waals surface area contributed by atoms with Crippen molar-refractivity contribution in [2.45, 2.75) is 20.1 Å². The quantitative estimate of drug-likeness (QED) is 0.691. The van der Waals surface area contributed by atoms with Crippen LogP contribution >= 0.6 is 0 Å². The monoisotopic (exact) mass is 224 g/mol. The topological polar surface area (TPSA) is 18.5 Å². The highest BCUT2D eigenvalue weighted by atomic mass is 19.1. The summed E-state index contributed by atoms with van der Waals surface area (Å²) in [5.41, 5.74) is 1.54. The summed E-state index contributed by atoms with van der Waals surface area (Å²) in [4.78, 5) is 0. The first-order valence-electron chi connectivity index (χ1n) is 5.37. The normalized spacial score (nSPS) is 10.8. The van der Waals surface area contributed by atoms with Crippen LogP contribution < -0.4 is 0 Å². The van der Waals surface area contributed by atoms with E-state index in [0.717, 1.165) is 5.56 Å². The Labute approximate surface area is 95.7 Å². The van der Waals surface area contributed by atoms with Crippen LogP contribution in [0.2, 0.25) is 0 Å². The van der Waals surface area contributed by atoms with Crippen molar-refractivity contribution in [3.8, 4) is 0 Å². The summed E-state index contributed by atoms with van der Waals surface area (Å²) in [5.74, 6) is -0.263. The van der Waals surface area contributed by atoms with E-state index >= 15 is 0 Å². The van der Waals surface area contributed by atoms with Gasteiger partial charge >= 0.3 is 0 Å². The summed E-state index contributed by atoms with van der Waals surface area (Å²) >= 11 is 0. The summed E-state index contributed by atoms with van der Waals surface area (Å²) in [7, 11) is 0. The molecule has 1 aromatic rings. The van der Waals surface area contributed by atoms with Gasteiger partial charge in [-0.3, -0.25) is 0 Å². The van der Waals surface area contributed by atoms with Gasteiger partial charge in [0.15, 0.2) is 6.29 Å². The molecule has 0 saturated carbocycles. The fourth-order valence-electron chi connectivity index (χ4n) is 1.35. The van der Waals surface area contributed by atoms with Crippen molar-refractivity contribution < 1.29 is 13.9 Å². The lowest BCUT2D eigenvalue weighted by molar-refractivity contribution is -0.0962. The lowest BCUT2D eigenvalue weighted by atomic mass is 10.1. The van der Waals surface area contributed by atoms with Gasteiger partial charge in [0, 0.05) is 18.8 Å². The SMILES string of the molecule is C=C(c1ccc(F)cc1)C(OCC)OCC. The second-order valence-electron chi connectivity index (χ2n) is 3.27. The molecule has 0 atom stereocenters. The molecule has 0 amide bonds. The van der Waals surface area contributed by atoms with Crippen LogP contribution in [0.3, 0.4) is 0 Å². The van der Waals surface area contributed by atoms with E-state index in [0.29, 0.717) is 18.8 Å². The molecule has 3 heteroatoms. The second-order valence-corrected chi connectivity index (χ2v) is 3.27. The summed E-state index contributed by atoms with van der Waals surface area (Å²) in [6.07, 6.45) is -0.458. The van der Waals surface area contributed by atoms with Crippen LogP contribution in [-0.2, 0) is 9.47 Å². The predicted octanol–water partition coefficient (Wildman–Crippen LogP) is 3.24. The number of halogens is 1. The summed E-state index contributed by atoms with van der Waals surface area (Å²) < 4.78 is 23.6. The average Bonchev–Trinajstić information content (AvgIpc) is 2.29. The van der Waals surface area contributed by atoms with Gasteiger partial charge in [0.25, 0.3) is 0 Å². The van der Waals surface area contributed by atoms with Gasteiger partial charge in [-0.05, 0) is 31.5 Å². The van der Waals surface area contributed by atoms with Crippen molar-refractivity contribution in [1.82, 2.24) is 0 Å². The minimum atomic E-state index is -0.458. The third kappa shape index (κ3) is 3.43. The Balaban J connectivity index is 2.77. The Morgan fingerprint density at radius 2 is 1.69 bits per heavy atom. The molecule has 0 aliphatic heterocycles. The van der Waals surface area contributed by atoms with Crippen LogP contribution in [0.5, 0.6) is 0 Å². The predicted molar refractivity (Wildman–Crippen MR) is 62.5 cm³/mol. The van der Waals surface area contributed by atoms with E-state index in [4.69, 9.17) is 9.47 Å². The van der Waals surface area contributed by atoms with E-state index in [1.807, 2.05) is 13.8 Å². The van der Waals surface area contributed by atoms with Gasteiger partial charge in [0.05, 0.1) is 0 Å². The lowest BCUT2D eigenvalue weighted by Gasteiger charge is -2.19. The molecule has 88 valence electrons. The fraction of sp³-hybridized carbons (Fsp3) is 0.385.